The third-order valence-corrected chi connectivity index (χ3v) is 5.97. The van der Waals surface area contributed by atoms with E-state index >= 15 is 0 Å². The first-order valence-electron chi connectivity index (χ1n) is 7.17. The van der Waals surface area contributed by atoms with E-state index in [1.54, 1.807) is 18.7 Å². The van der Waals surface area contributed by atoms with Crippen molar-refractivity contribution >= 4 is 34.9 Å². The molecule has 6 nitrogen and oxygen atoms in total. The minimum Gasteiger partial charge on any atom is -0.462 e. The predicted molar refractivity (Wildman–Crippen MR) is 86.9 cm³/mol. The van der Waals surface area contributed by atoms with Gasteiger partial charge in [0.05, 0.1) is 10.8 Å². The Hall–Kier alpha value is -1.50. The molecular weight excluding hydrogens is 322 g/mol. The second-order valence-corrected chi connectivity index (χ2v) is 7.15. The van der Waals surface area contributed by atoms with Crippen LogP contribution in [-0.2, 0) is 11.2 Å². The van der Waals surface area contributed by atoms with E-state index in [1.807, 2.05) is 0 Å². The van der Waals surface area contributed by atoms with Gasteiger partial charge in [0.1, 0.15) is 10.9 Å². The molecule has 2 rings (SSSR count). The van der Waals surface area contributed by atoms with Crippen molar-refractivity contribution in [1.29, 1.82) is 0 Å². The number of thiophene rings is 1. The fourth-order valence-electron chi connectivity index (χ4n) is 2.34. The molecule has 0 spiro atoms. The lowest BCUT2D eigenvalue weighted by Gasteiger charge is -2.18. The summed E-state index contributed by atoms with van der Waals surface area (Å²) in [4.78, 5) is 27.9. The first-order chi connectivity index (χ1) is 10.6. The molecule has 1 aliphatic rings. The summed E-state index contributed by atoms with van der Waals surface area (Å²) in [5, 5.41) is 3.59. The van der Waals surface area contributed by atoms with Crippen LogP contribution in [0, 0.1) is 0 Å². The van der Waals surface area contributed by atoms with E-state index in [-0.39, 0.29) is 11.8 Å². The SMILES string of the molecule is CCCSc1sc(C(=O)OCC)c2c1C(=O)C(N=[N+]=[N-])CC2. The number of esters is 1. The first kappa shape index (κ1) is 16.9. The Morgan fingerprint density at radius 1 is 1.55 bits per heavy atom. The smallest absolute Gasteiger partial charge is 0.348 e. The number of rotatable bonds is 6. The van der Waals surface area contributed by atoms with E-state index in [2.05, 4.69) is 16.9 Å². The number of ketones is 1. The maximum Gasteiger partial charge on any atom is 0.348 e. The predicted octanol–water partition coefficient (Wildman–Crippen LogP) is 4.23. The molecule has 0 N–H and O–H groups in total. The van der Waals surface area contributed by atoms with Gasteiger partial charge in [0.15, 0.2) is 5.78 Å². The van der Waals surface area contributed by atoms with Gasteiger partial charge in [0, 0.05) is 10.5 Å². The van der Waals surface area contributed by atoms with Crippen molar-refractivity contribution in [3.05, 3.63) is 26.4 Å². The van der Waals surface area contributed by atoms with Crippen molar-refractivity contribution in [2.24, 2.45) is 5.11 Å². The van der Waals surface area contributed by atoms with Crippen LogP contribution in [0.25, 0.3) is 10.4 Å². The molecule has 0 aromatic carbocycles. The topological polar surface area (TPSA) is 92.1 Å². The lowest BCUT2D eigenvalue weighted by Crippen LogP contribution is -2.26. The number of ether oxygens (including phenoxy) is 1. The Morgan fingerprint density at radius 3 is 2.95 bits per heavy atom. The zero-order valence-electron chi connectivity index (χ0n) is 12.5. The van der Waals surface area contributed by atoms with Gasteiger partial charge in [-0.25, -0.2) is 4.79 Å². The molecule has 1 atom stereocenters. The van der Waals surface area contributed by atoms with Crippen LogP contribution in [0.1, 0.15) is 52.3 Å². The van der Waals surface area contributed by atoms with Gasteiger partial charge >= 0.3 is 5.97 Å². The molecular formula is C14H17N3O3S2. The van der Waals surface area contributed by atoms with Crippen LogP contribution in [0.15, 0.2) is 9.32 Å². The van der Waals surface area contributed by atoms with Crippen LogP contribution >= 0.6 is 23.1 Å². The molecule has 1 unspecified atom stereocenters. The summed E-state index contributed by atoms with van der Waals surface area (Å²) in [5.74, 6) is 0.320. The van der Waals surface area contributed by atoms with Gasteiger partial charge in [-0.3, -0.25) is 4.79 Å². The average molecular weight is 339 g/mol. The molecule has 1 aliphatic carbocycles. The fraction of sp³-hybridized carbons (Fsp3) is 0.571. The second kappa shape index (κ2) is 7.67. The highest BCUT2D eigenvalue weighted by Crippen LogP contribution is 2.41. The van der Waals surface area contributed by atoms with Crippen LogP contribution in [0.2, 0.25) is 0 Å². The van der Waals surface area contributed by atoms with E-state index in [0.717, 1.165) is 21.9 Å². The standard InChI is InChI=1S/C14H17N3O3S2/c1-3-7-21-14-10-8(12(22-14)13(19)20-4-2)5-6-9(11(10)18)16-17-15/h9H,3-7H2,1-2H3. The van der Waals surface area contributed by atoms with E-state index in [4.69, 9.17) is 10.3 Å². The van der Waals surface area contributed by atoms with Gasteiger partial charge in [-0.1, -0.05) is 12.0 Å². The zero-order chi connectivity index (χ0) is 16.1. The van der Waals surface area contributed by atoms with E-state index in [1.165, 1.54) is 11.3 Å². The third-order valence-electron chi connectivity index (χ3n) is 3.28. The highest BCUT2D eigenvalue weighted by Gasteiger charge is 2.35. The third kappa shape index (κ3) is 3.29. The van der Waals surface area contributed by atoms with Crippen molar-refractivity contribution in [3.63, 3.8) is 0 Å². The van der Waals surface area contributed by atoms with Crippen molar-refractivity contribution in [2.75, 3.05) is 12.4 Å². The summed E-state index contributed by atoms with van der Waals surface area (Å²) in [7, 11) is 0. The Morgan fingerprint density at radius 2 is 2.32 bits per heavy atom. The second-order valence-electron chi connectivity index (χ2n) is 4.76. The van der Waals surface area contributed by atoms with E-state index < -0.39 is 6.04 Å². The lowest BCUT2D eigenvalue weighted by molar-refractivity contribution is 0.0531. The van der Waals surface area contributed by atoms with Gasteiger partial charge in [-0.2, -0.15) is 0 Å². The molecule has 0 saturated carbocycles. The van der Waals surface area contributed by atoms with E-state index in [0.29, 0.717) is 29.9 Å². The quantitative estimate of drug-likeness (QED) is 0.255. The summed E-state index contributed by atoms with van der Waals surface area (Å²) < 4.78 is 5.93. The number of carbonyl (C=O) groups excluding carboxylic acids is 2. The van der Waals surface area contributed by atoms with Crippen molar-refractivity contribution in [1.82, 2.24) is 0 Å². The molecule has 1 heterocycles. The first-order valence-corrected chi connectivity index (χ1v) is 8.98. The Kier molecular flexibility index (Phi) is 5.88. The number of carbonyl (C=O) groups is 2. The summed E-state index contributed by atoms with van der Waals surface area (Å²) in [6, 6.07) is -0.664. The van der Waals surface area contributed by atoms with Gasteiger partial charge < -0.3 is 4.74 Å². The molecule has 0 fully saturated rings. The number of Topliss-reactive ketones (excluding diaryl/α,β-unsaturated/α-hetero) is 1. The largest absolute Gasteiger partial charge is 0.462 e. The highest BCUT2D eigenvalue weighted by atomic mass is 32.2. The number of fused-ring (bicyclic) bond motifs is 1. The van der Waals surface area contributed by atoms with Gasteiger partial charge in [0.2, 0.25) is 0 Å². The maximum atomic E-state index is 12.6. The molecule has 0 saturated heterocycles. The van der Waals surface area contributed by atoms with Gasteiger partial charge in [-0.05, 0) is 43.0 Å². The minimum absolute atomic E-state index is 0.176. The van der Waals surface area contributed by atoms with Crippen molar-refractivity contribution in [2.45, 2.75) is 43.4 Å². The van der Waals surface area contributed by atoms with Gasteiger partial charge in [-0.15, -0.1) is 23.1 Å². The summed E-state index contributed by atoms with van der Waals surface area (Å²) in [5.41, 5.74) is 9.91. The molecule has 8 heteroatoms. The number of azide groups is 1. The van der Waals surface area contributed by atoms with Crippen molar-refractivity contribution < 1.29 is 14.3 Å². The summed E-state index contributed by atoms with van der Waals surface area (Å²) >= 11 is 2.89. The molecule has 1 aromatic rings. The number of nitrogens with zero attached hydrogens (tertiary/aromatic N) is 3. The average Bonchev–Trinajstić information content (AvgIpc) is 2.88. The number of thioether (sulfide) groups is 1. The minimum atomic E-state index is -0.664. The van der Waals surface area contributed by atoms with Crippen LogP contribution in [-0.4, -0.2) is 30.2 Å². The zero-order valence-corrected chi connectivity index (χ0v) is 14.1. The Labute approximate surface area is 136 Å². The summed E-state index contributed by atoms with van der Waals surface area (Å²) in [6.07, 6.45) is 1.97. The molecule has 0 amide bonds. The number of hydrogen-bond acceptors (Lipinski definition) is 6. The normalized spacial score (nSPS) is 16.8. The monoisotopic (exact) mass is 339 g/mol. The Bertz CT molecular complexity index is 636. The van der Waals surface area contributed by atoms with Crippen LogP contribution < -0.4 is 0 Å². The summed E-state index contributed by atoms with van der Waals surface area (Å²) in [6.45, 7) is 4.12. The van der Waals surface area contributed by atoms with Crippen LogP contribution in [0.5, 0.6) is 0 Å². The Balaban J connectivity index is 2.45. The van der Waals surface area contributed by atoms with Gasteiger partial charge in [0.25, 0.3) is 0 Å². The van der Waals surface area contributed by atoms with Crippen LogP contribution in [0.3, 0.4) is 0 Å². The molecule has 0 aliphatic heterocycles. The molecule has 0 radical (unpaired) electrons. The fourth-order valence-corrected chi connectivity index (χ4v) is 4.81. The van der Waals surface area contributed by atoms with Crippen LogP contribution in [0.4, 0.5) is 0 Å². The lowest BCUT2D eigenvalue weighted by atomic mass is 9.89. The molecule has 22 heavy (non-hydrogen) atoms. The number of hydrogen-bond donors (Lipinski definition) is 0. The molecule has 1 aromatic heterocycles. The maximum absolute atomic E-state index is 12.6. The van der Waals surface area contributed by atoms with Crippen molar-refractivity contribution in [3.8, 4) is 0 Å². The molecule has 118 valence electrons. The highest BCUT2D eigenvalue weighted by molar-refractivity contribution is 8.01. The van der Waals surface area contributed by atoms with E-state index in [9.17, 15) is 9.59 Å². The molecule has 0 bridgehead atoms.